The minimum absolute atomic E-state index is 0.0584. The molecule has 0 aliphatic rings. The maximum absolute atomic E-state index is 9.69. The first-order valence-electron chi connectivity index (χ1n) is 4.27. The summed E-state index contributed by atoms with van der Waals surface area (Å²) in [7, 11) is 0. The predicted molar refractivity (Wildman–Crippen MR) is 46.3 cm³/mol. The average molecular weight is 160 g/mol. The number of aliphatic hydroxyl groups excluding tert-OH is 2. The molecule has 0 saturated heterocycles. The molecule has 11 heavy (non-hydrogen) atoms. The Balaban J connectivity index is 4.24. The normalized spacial score (nSPS) is 19.9. The van der Waals surface area contributed by atoms with E-state index < -0.39 is 6.10 Å². The zero-order valence-electron chi connectivity index (χ0n) is 7.96. The van der Waals surface area contributed by atoms with E-state index in [0.29, 0.717) is 0 Å². The van der Waals surface area contributed by atoms with Crippen LogP contribution in [0.5, 0.6) is 0 Å². The standard InChI is InChI=1S/C9H20O2/c1-5-9(4,6-10)8(11)7(2)3/h7-8,10-11H,5-6H2,1-4H3. The topological polar surface area (TPSA) is 40.5 Å². The Morgan fingerprint density at radius 3 is 1.91 bits per heavy atom. The average Bonchev–Trinajstić information content (AvgIpc) is 2.01. The van der Waals surface area contributed by atoms with E-state index in [1.54, 1.807) is 0 Å². The molecule has 0 radical (unpaired) electrons. The van der Waals surface area contributed by atoms with Crippen LogP contribution in [0.2, 0.25) is 0 Å². The number of rotatable bonds is 4. The highest BCUT2D eigenvalue weighted by atomic mass is 16.3. The first kappa shape index (κ1) is 10.9. The second kappa shape index (κ2) is 4.07. The molecule has 0 fully saturated rings. The Labute approximate surface area is 69.2 Å². The number of hydrogen-bond donors (Lipinski definition) is 2. The third-order valence-electron chi connectivity index (χ3n) is 2.51. The van der Waals surface area contributed by atoms with E-state index in [0.717, 1.165) is 6.42 Å². The molecule has 2 atom stereocenters. The minimum Gasteiger partial charge on any atom is -0.396 e. The summed E-state index contributed by atoms with van der Waals surface area (Å²) < 4.78 is 0. The van der Waals surface area contributed by atoms with Gasteiger partial charge in [-0.05, 0) is 12.3 Å². The molecule has 0 amide bonds. The fraction of sp³-hybridized carbons (Fsp3) is 1.00. The van der Waals surface area contributed by atoms with Crippen LogP contribution in [0.25, 0.3) is 0 Å². The van der Waals surface area contributed by atoms with Gasteiger partial charge in [0.2, 0.25) is 0 Å². The fourth-order valence-electron chi connectivity index (χ4n) is 1.22. The van der Waals surface area contributed by atoms with Gasteiger partial charge in [-0.1, -0.05) is 27.7 Å². The molecule has 0 aliphatic heterocycles. The van der Waals surface area contributed by atoms with Crippen LogP contribution in [-0.2, 0) is 0 Å². The van der Waals surface area contributed by atoms with Crippen molar-refractivity contribution in [2.45, 2.75) is 40.2 Å². The van der Waals surface area contributed by atoms with E-state index in [-0.39, 0.29) is 17.9 Å². The van der Waals surface area contributed by atoms with Crippen LogP contribution in [-0.4, -0.2) is 22.9 Å². The Morgan fingerprint density at radius 1 is 1.36 bits per heavy atom. The van der Waals surface area contributed by atoms with Gasteiger partial charge in [0.15, 0.2) is 0 Å². The molecule has 2 N–H and O–H groups in total. The monoisotopic (exact) mass is 160 g/mol. The van der Waals surface area contributed by atoms with Gasteiger partial charge < -0.3 is 10.2 Å². The maximum atomic E-state index is 9.69. The molecule has 0 rings (SSSR count). The quantitative estimate of drug-likeness (QED) is 0.653. The molecule has 0 aromatic rings. The molecule has 2 unspecified atom stereocenters. The van der Waals surface area contributed by atoms with Gasteiger partial charge in [0.1, 0.15) is 0 Å². The molecule has 0 bridgehead atoms. The summed E-state index contributed by atoms with van der Waals surface area (Å²) >= 11 is 0. The molecule has 2 heteroatoms. The smallest absolute Gasteiger partial charge is 0.0638 e. The summed E-state index contributed by atoms with van der Waals surface area (Å²) in [6, 6.07) is 0. The summed E-state index contributed by atoms with van der Waals surface area (Å²) in [5.74, 6) is 0.215. The third-order valence-corrected chi connectivity index (χ3v) is 2.51. The van der Waals surface area contributed by atoms with Crippen molar-refractivity contribution in [2.75, 3.05) is 6.61 Å². The summed E-state index contributed by atoms with van der Waals surface area (Å²) in [6.07, 6.45) is 0.403. The van der Waals surface area contributed by atoms with Crippen molar-refractivity contribution in [3.05, 3.63) is 0 Å². The lowest BCUT2D eigenvalue weighted by Gasteiger charge is -2.34. The zero-order chi connectivity index (χ0) is 9.07. The second-order valence-corrected chi connectivity index (χ2v) is 3.85. The van der Waals surface area contributed by atoms with E-state index in [1.807, 2.05) is 27.7 Å². The van der Waals surface area contributed by atoms with Crippen molar-refractivity contribution < 1.29 is 10.2 Å². The minimum atomic E-state index is -0.405. The lowest BCUT2D eigenvalue weighted by atomic mass is 9.78. The number of hydrogen-bond acceptors (Lipinski definition) is 2. The highest BCUT2D eigenvalue weighted by Crippen LogP contribution is 2.29. The molecule has 0 heterocycles. The van der Waals surface area contributed by atoms with Gasteiger partial charge in [0.25, 0.3) is 0 Å². The van der Waals surface area contributed by atoms with Crippen LogP contribution < -0.4 is 0 Å². The first-order chi connectivity index (χ1) is 4.98. The van der Waals surface area contributed by atoms with Crippen molar-refractivity contribution in [1.82, 2.24) is 0 Å². The van der Waals surface area contributed by atoms with Gasteiger partial charge in [-0.15, -0.1) is 0 Å². The largest absolute Gasteiger partial charge is 0.396 e. The lowest BCUT2D eigenvalue weighted by molar-refractivity contribution is -0.0343. The van der Waals surface area contributed by atoms with Gasteiger partial charge in [0, 0.05) is 5.41 Å². The van der Waals surface area contributed by atoms with Crippen LogP contribution in [0.1, 0.15) is 34.1 Å². The van der Waals surface area contributed by atoms with E-state index in [9.17, 15) is 5.11 Å². The molecular formula is C9H20O2. The van der Waals surface area contributed by atoms with Crippen molar-refractivity contribution in [2.24, 2.45) is 11.3 Å². The molecule has 68 valence electrons. The van der Waals surface area contributed by atoms with E-state index in [4.69, 9.17) is 5.11 Å². The van der Waals surface area contributed by atoms with Gasteiger partial charge in [-0.3, -0.25) is 0 Å². The van der Waals surface area contributed by atoms with Crippen molar-refractivity contribution >= 4 is 0 Å². The highest BCUT2D eigenvalue weighted by molar-refractivity contribution is 4.82. The lowest BCUT2D eigenvalue weighted by Crippen LogP contribution is -2.38. The van der Waals surface area contributed by atoms with Gasteiger partial charge in [-0.25, -0.2) is 0 Å². The fourth-order valence-corrected chi connectivity index (χ4v) is 1.22. The van der Waals surface area contributed by atoms with Gasteiger partial charge >= 0.3 is 0 Å². The maximum Gasteiger partial charge on any atom is 0.0638 e. The van der Waals surface area contributed by atoms with Crippen LogP contribution in [0.3, 0.4) is 0 Å². The summed E-state index contributed by atoms with van der Waals surface area (Å²) in [5.41, 5.74) is -0.325. The Morgan fingerprint density at radius 2 is 1.82 bits per heavy atom. The van der Waals surface area contributed by atoms with E-state index >= 15 is 0 Å². The van der Waals surface area contributed by atoms with Crippen molar-refractivity contribution in [3.63, 3.8) is 0 Å². The SMILES string of the molecule is CCC(C)(CO)C(O)C(C)C. The summed E-state index contributed by atoms with van der Waals surface area (Å²) in [4.78, 5) is 0. The molecular weight excluding hydrogens is 140 g/mol. The van der Waals surface area contributed by atoms with Gasteiger partial charge in [0.05, 0.1) is 12.7 Å². The van der Waals surface area contributed by atoms with Crippen LogP contribution in [0.15, 0.2) is 0 Å². The summed E-state index contributed by atoms with van der Waals surface area (Å²) in [5, 5.41) is 18.7. The molecule has 2 nitrogen and oxygen atoms in total. The molecule has 0 spiro atoms. The highest BCUT2D eigenvalue weighted by Gasteiger charge is 2.32. The Kier molecular flexibility index (Phi) is 4.04. The van der Waals surface area contributed by atoms with Crippen LogP contribution in [0, 0.1) is 11.3 Å². The Hall–Kier alpha value is -0.0800. The first-order valence-corrected chi connectivity index (χ1v) is 4.27. The predicted octanol–water partition coefficient (Wildman–Crippen LogP) is 1.41. The van der Waals surface area contributed by atoms with Gasteiger partial charge in [-0.2, -0.15) is 0 Å². The molecule has 0 saturated carbocycles. The third kappa shape index (κ3) is 2.46. The molecule has 0 aliphatic carbocycles. The van der Waals surface area contributed by atoms with Crippen molar-refractivity contribution in [3.8, 4) is 0 Å². The number of aliphatic hydroxyl groups is 2. The van der Waals surface area contributed by atoms with E-state index in [1.165, 1.54) is 0 Å². The molecule has 0 aromatic carbocycles. The Bertz CT molecular complexity index is 106. The van der Waals surface area contributed by atoms with E-state index in [2.05, 4.69) is 0 Å². The second-order valence-electron chi connectivity index (χ2n) is 3.85. The zero-order valence-corrected chi connectivity index (χ0v) is 7.96. The molecule has 0 aromatic heterocycles. The summed E-state index contributed by atoms with van der Waals surface area (Å²) in [6.45, 7) is 7.89. The van der Waals surface area contributed by atoms with Crippen LogP contribution in [0.4, 0.5) is 0 Å². The van der Waals surface area contributed by atoms with Crippen molar-refractivity contribution in [1.29, 1.82) is 0 Å². The van der Waals surface area contributed by atoms with Crippen LogP contribution >= 0.6 is 0 Å².